The normalized spacial score (nSPS) is 11.5. The fourth-order valence-electron chi connectivity index (χ4n) is 2.32. The Morgan fingerprint density at radius 2 is 1.78 bits per heavy atom. The van der Waals surface area contributed by atoms with Gasteiger partial charge >= 0.3 is 5.97 Å². The van der Waals surface area contributed by atoms with Gasteiger partial charge in [0.15, 0.2) is 0 Å². The molecule has 0 atom stereocenters. The van der Waals surface area contributed by atoms with Crippen LogP contribution in [0.1, 0.15) is 41.3 Å². The molecule has 0 bridgehead atoms. The SMILES string of the molecule is Cc1ccc(C(=O)O)cc1S(=O)(=O)Nc1ccccc1C(C)C. The number of para-hydroxylation sites is 1. The van der Waals surface area contributed by atoms with Crippen LogP contribution in [0.25, 0.3) is 0 Å². The number of hydrogen-bond donors (Lipinski definition) is 2. The number of hydrogen-bond acceptors (Lipinski definition) is 3. The molecular formula is C17H19NO4S. The third-order valence-corrected chi connectivity index (χ3v) is 5.06. The molecule has 0 spiro atoms. The number of aromatic carboxylic acids is 1. The van der Waals surface area contributed by atoms with Crippen LogP contribution in [-0.4, -0.2) is 19.5 Å². The van der Waals surface area contributed by atoms with Gasteiger partial charge in [0.25, 0.3) is 10.0 Å². The maximum Gasteiger partial charge on any atom is 0.335 e. The maximum atomic E-state index is 12.7. The van der Waals surface area contributed by atoms with E-state index in [-0.39, 0.29) is 16.4 Å². The number of carboxylic acids is 1. The van der Waals surface area contributed by atoms with E-state index in [0.29, 0.717) is 11.3 Å². The third-order valence-electron chi connectivity index (χ3n) is 3.55. The Kier molecular flexibility index (Phi) is 4.75. The highest BCUT2D eigenvalue weighted by atomic mass is 32.2. The van der Waals surface area contributed by atoms with Crippen LogP contribution in [-0.2, 0) is 10.0 Å². The van der Waals surface area contributed by atoms with Crippen molar-refractivity contribution in [2.45, 2.75) is 31.6 Å². The maximum absolute atomic E-state index is 12.7. The highest BCUT2D eigenvalue weighted by molar-refractivity contribution is 7.92. The monoisotopic (exact) mass is 333 g/mol. The third kappa shape index (κ3) is 3.71. The lowest BCUT2D eigenvalue weighted by atomic mass is 10.0. The summed E-state index contributed by atoms with van der Waals surface area (Å²) in [5.41, 5.74) is 1.81. The molecule has 122 valence electrons. The first-order valence-electron chi connectivity index (χ1n) is 7.18. The number of sulfonamides is 1. The molecule has 0 fully saturated rings. The molecule has 2 rings (SSSR count). The van der Waals surface area contributed by atoms with Gasteiger partial charge in [0.1, 0.15) is 0 Å². The van der Waals surface area contributed by atoms with Crippen LogP contribution in [0.4, 0.5) is 5.69 Å². The predicted octanol–water partition coefficient (Wildman–Crippen LogP) is 3.62. The Balaban J connectivity index is 2.48. The Morgan fingerprint density at radius 3 is 2.39 bits per heavy atom. The van der Waals surface area contributed by atoms with E-state index in [1.54, 1.807) is 19.1 Å². The van der Waals surface area contributed by atoms with Gasteiger partial charge in [-0.05, 0) is 42.2 Å². The van der Waals surface area contributed by atoms with Crippen molar-refractivity contribution in [3.63, 3.8) is 0 Å². The standard InChI is InChI=1S/C17H19NO4S/c1-11(2)14-6-4-5-7-15(14)18-23(21,22)16-10-13(17(19)20)9-8-12(16)3/h4-11,18H,1-3H3,(H,19,20). The van der Waals surface area contributed by atoms with E-state index >= 15 is 0 Å². The molecule has 0 radical (unpaired) electrons. The largest absolute Gasteiger partial charge is 0.478 e. The van der Waals surface area contributed by atoms with E-state index in [1.807, 2.05) is 26.0 Å². The van der Waals surface area contributed by atoms with Crippen LogP contribution >= 0.6 is 0 Å². The van der Waals surface area contributed by atoms with Crippen molar-refractivity contribution >= 4 is 21.7 Å². The molecule has 0 heterocycles. The lowest BCUT2D eigenvalue weighted by Crippen LogP contribution is -2.16. The molecule has 2 aromatic rings. The van der Waals surface area contributed by atoms with Gasteiger partial charge in [0.2, 0.25) is 0 Å². The van der Waals surface area contributed by atoms with Crippen molar-refractivity contribution in [2.24, 2.45) is 0 Å². The first kappa shape index (κ1) is 17.0. The number of aryl methyl sites for hydroxylation is 1. The van der Waals surface area contributed by atoms with Gasteiger partial charge in [0.05, 0.1) is 16.1 Å². The average Bonchev–Trinajstić information content (AvgIpc) is 2.47. The Labute approximate surface area is 136 Å². The molecule has 5 nitrogen and oxygen atoms in total. The summed E-state index contributed by atoms with van der Waals surface area (Å²) in [7, 11) is -3.87. The molecular weight excluding hydrogens is 314 g/mol. The Hall–Kier alpha value is -2.34. The highest BCUT2D eigenvalue weighted by Crippen LogP contribution is 2.27. The number of nitrogens with one attached hydrogen (secondary N) is 1. The second-order valence-corrected chi connectivity index (χ2v) is 7.28. The molecule has 0 amide bonds. The number of carbonyl (C=O) groups is 1. The number of rotatable bonds is 5. The van der Waals surface area contributed by atoms with E-state index in [4.69, 9.17) is 5.11 Å². The van der Waals surface area contributed by atoms with Crippen molar-refractivity contribution in [1.29, 1.82) is 0 Å². The quantitative estimate of drug-likeness (QED) is 0.875. The smallest absolute Gasteiger partial charge is 0.335 e. The number of carboxylic acid groups (broad SMARTS) is 1. The van der Waals surface area contributed by atoms with Crippen LogP contribution in [0, 0.1) is 6.92 Å². The van der Waals surface area contributed by atoms with Gasteiger partial charge in [-0.1, -0.05) is 38.1 Å². The van der Waals surface area contributed by atoms with E-state index < -0.39 is 16.0 Å². The first-order chi connectivity index (χ1) is 10.7. The van der Waals surface area contributed by atoms with E-state index in [0.717, 1.165) is 5.56 Å². The molecule has 6 heteroatoms. The van der Waals surface area contributed by atoms with Crippen molar-refractivity contribution in [2.75, 3.05) is 4.72 Å². The summed E-state index contributed by atoms with van der Waals surface area (Å²) in [6.07, 6.45) is 0. The van der Waals surface area contributed by atoms with Gasteiger partial charge in [0, 0.05) is 0 Å². The van der Waals surface area contributed by atoms with Gasteiger partial charge < -0.3 is 5.11 Å². The lowest BCUT2D eigenvalue weighted by molar-refractivity contribution is 0.0696. The minimum Gasteiger partial charge on any atom is -0.478 e. The molecule has 0 saturated heterocycles. The summed E-state index contributed by atoms with van der Waals surface area (Å²) >= 11 is 0. The van der Waals surface area contributed by atoms with Crippen molar-refractivity contribution in [1.82, 2.24) is 0 Å². The van der Waals surface area contributed by atoms with Crippen LogP contribution < -0.4 is 4.72 Å². The number of benzene rings is 2. The van der Waals surface area contributed by atoms with E-state index in [1.165, 1.54) is 18.2 Å². The second kappa shape index (κ2) is 6.42. The van der Waals surface area contributed by atoms with Crippen molar-refractivity contribution < 1.29 is 18.3 Å². The van der Waals surface area contributed by atoms with Gasteiger partial charge in [-0.2, -0.15) is 0 Å². The Bertz CT molecular complexity index is 841. The summed E-state index contributed by atoms with van der Waals surface area (Å²) in [6.45, 7) is 5.58. The fraction of sp³-hybridized carbons (Fsp3) is 0.235. The van der Waals surface area contributed by atoms with Crippen LogP contribution in [0.15, 0.2) is 47.4 Å². The van der Waals surface area contributed by atoms with Gasteiger partial charge in [-0.15, -0.1) is 0 Å². The summed E-state index contributed by atoms with van der Waals surface area (Å²) in [5.74, 6) is -1.01. The van der Waals surface area contributed by atoms with Crippen LogP contribution in [0.5, 0.6) is 0 Å². The first-order valence-corrected chi connectivity index (χ1v) is 8.66. The summed E-state index contributed by atoms with van der Waals surface area (Å²) in [5, 5.41) is 9.06. The molecule has 23 heavy (non-hydrogen) atoms. The average molecular weight is 333 g/mol. The zero-order valence-corrected chi connectivity index (χ0v) is 14.0. The summed E-state index contributed by atoms with van der Waals surface area (Å²) in [4.78, 5) is 11.0. The zero-order valence-electron chi connectivity index (χ0n) is 13.2. The minimum absolute atomic E-state index is 0.0315. The zero-order chi connectivity index (χ0) is 17.2. The second-order valence-electron chi connectivity index (χ2n) is 5.63. The van der Waals surface area contributed by atoms with E-state index in [2.05, 4.69) is 4.72 Å². The van der Waals surface area contributed by atoms with Gasteiger partial charge in [-0.25, -0.2) is 13.2 Å². The molecule has 2 aromatic carbocycles. The van der Waals surface area contributed by atoms with Crippen LogP contribution in [0.2, 0.25) is 0 Å². The summed E-state index contributed by atoms with van der Waals surface area (Å²) in [6, 6.07) is 11.2. The fourth-order valence-corrected chi connectivity index (χ4v) is 3.68. The highest BCUT2D eigenvalue weighted by Gasteiger charge is 2.20. The van der Waals surface area contributed by atoms with Crippen LogP contribution in [0.3, 0.4) is 0 Å². The Morgan fingerprint density at radius 1 is 1.13 bits per heavy atom. The molecule has 0 aliphatic rings. The predicted molar refractivity (Wildman–Crippen MR) is 89.5 cm³/mol. The molecule has 0 aliphatic heterocycles. The summed E-state index contributed by atoms with van der Waals surface area (Å²) < 4.78 is 27.9. The lowest BCUT2D eigenvalue weighted by Gasteiger charge is -2.16. The van der Waals surface area contributed by atoms with Gasteiger partial charge in [-0.3, -0.25) is 4.72 Å². The van der Waals surface area contributed by atoms with E-state index in [9.17, 15) is 13.2 Å². The number of anilines is 1. The minimum atomic E-state index is -3.87. The topological polar surface area (TPSA) is 83.5 Å². The van der Waals surface area contributed by atoms with Crippen molar-refractivity contribution in [3.8, 4) is 0 Å². The molecule has 0 saturated carbocycles. The molecule has 2 N–H and O–H groups in total. The van der Waals surface area contributed by atoms with Crippen molar-refractivity contribution in [3.05, 3.63) is 59.2 Å². The molecule has 0 aromatic heterocycles. The molecule has 0 aliphatic carbocycles. The molecule has 0 unspecified atom stereocenters.